The van der Waals surface area contributed by atoms with Gasteiger partial charge >= 0.3 is 0 Å². The van der Waals surface area contributed by atoms with E-state index in [1.165, 1.54) is 10.4 Å². The Morgan fingerprint density at radius 3 is 2.80 bits per heavy atom. The summed E-state index contributed by atoms with van der Waals surface area (Å²) >= 11 is 8.01. The Labute approximate surface area is 127 Å². The first-order valence-electron chi connectivity index (χ1n) is 6.57. The topological polar surface area (TPSA) is 30.7 Å². The number of benzene rings is 1. The molecule has 20 heavy (non-hydrogen) atoms. The van der Waals surface area contributed by atoms with E-state index >= 15 is 0 Å². The highest BCUT2D eigenvalue weighted by molar-refractivity contribution is 7.11. The number of hydrogen-bond acceptors (Lipinski definition) is 3. The summed E-state index contributed by atoms with van der Waals surface area (Å²) in [6.07, 6.45) is 1.93. The Balaban J connectivity index is 2.15. The fraction of sp³-hybridized carbons (Fsp3) is 0.333. The van der Waals surface area contributed by atoms with Crippen molar-refractivity contribution in [2.45, 2.75) is 32.7 Å². The average molecular weight is 306 g/mol. The lowest BCUT2D eigenvalue weighted by molar-refractivity contribution is 0.749. The lowest BCUT2D eigenvalue weighted by atomic mass is 10.2. The zero-order valence-corrected chi connectivity index (χ0v) is 13.3. The number of aromatic nitrogens is 3. The molecule has 0 aliphatic carbocycles. The molecule has 0 saturated carbocycles. The van der Waals surface area contributed by atoms with Crippen LogP contribution in [0.3, 0.4) is 0 Å². The molecule has 0 fully saturated rings. The minimum atomic E-state index is -0.114. The van der Waals surface area contributed by atoms with E-state index in [-0.39, 0.29) is 5.38 Å². The number of aryl methyl sites for hydroxylation is 2. The first kappa shape index (κ1) is 13.6. The Morgan fingerprint density at radius 2 is 2.15 bits per heavy atom. The minimum absolute atomic E-state index is 0.114. The van der Waals surface area contributed by atoms with Gasteiger partial charge in [0.15, 0.2) is 0 Å². The molecule has 5 heteroatoms. The summed E-state index contributed by atoms with van der Waals surface area (Å²) in [5.41, 5.74) is 3.37. The SMILES string of the molecule is Cc1ccc2nc(C(C)Cl)n(Cc3cnc(C)s3)c2c1. The van der Waals surface area contributed by atoms with Crippen LogP contribution in [-0.4, -0.2) is 14.5 Å². The normalized spacial score (nSPS) is 13.0. The van der Waals surface area contributed by atoms with Crippen molar-refractivity contribution in [3.8, 4) is 0 Å². The molecule has 2 heterocycles. The molecule has 104 valence electrons. The molecule has 2 aromatic heterocycles. The first-order valence-corrected chi connectivity index (χ1v) is 7.82. The smallest absolute Gasteiger partial charge is 0.128 e. The highest BCUT2D eigenvalue weighted by atomic mass is 35.5. The number of thiazole rings is 1. The number of halogens is 1. The molecule has 0 aliphatic heterocycles. The maximum Gasteiger partial charge on any atom is 0.128 e. The second-order valence-electron chi connectivity index (χ2n) is 5.01. The van der Waals surface area contributed by atoms with Crippen LogP contribution in [0.25, 0.3) is 11.0 Å². The van der Waals surface area contributed by atoms with Crippen LogP contribution in [0.1, 0.15) is 33.6 Å². The third kappa shape index (κ3) is 2.45. The fourth-order valence-corrected chi connectivity index (χ4v) is 3.31. The maximum atomic E-state index is 6.30. The van der Waals surface area contributed by atoms with E-state index in [1.54, 1.807) is 11.3 Å². The zero-order valence-electron chi connectivity index (χ0n) is 11.7. The van der Waals surface area contributed by atoms with Crippen LogP contribution in [-0.2, 0) is 6.54 Å². The minimum Gasteiger partial charge on any atom is -0.321 e. The number of fused-ring (bicyclic) bond motifs is 1. The Kier molecular flexibility index (Phi) is 3.52. The second-order valence-corrected chi connectivity index (χ2v) is 6.98. The molecule has 0 N–H and O–H groups in total. The molecule has 3 aromatic rings. The van der Waals surface area contributed by atoms with E-state index in [2.05, 4.69) is 39.7 Å². The van der Waals surface area contributed by atoms with Crippen molar-refractivity contribution < 1.29 is 0 Å². The van der Waals surface area contributed by atoms with Gasteiger partial charge in [0.05, 0.1) is 28.0 Å². The van der Waals surface area contributed by atoms with Gasteiger partial charge in [0.1, 0.15) is 5.82 Å². The predicted molar refractivity (Wildman–Crippen MR) is 84.7 cm³/mol. The van der Waals surface area contributed by atoms with E-state index < -0.39 is 0 Å². The van der Waals surface area contributed by atoms with Crippen LogP contribution in [0, 0.1) is 13.8 Å². The maximum absolute atomic E-state index is 6.30. The van der Waals surface area contributed by atoms with Gasteiger partial charge in [-0.05, 0) is 38.5 Å². The summed E-state index contributed by atoms with van der Waals surface area (Å²) in [6, 6.07) is 6.31. The van der Waals surface area contributed by atoms with Gasteiger partial charge in [-0.1, -0.05) is 6.07 Å². The number of alkyl halides is 1. The van der Waals surface area contributed by atoms with Crippen LogP contribution in [0.4, 0.5) is 0 Å². The van der Waals surface area contributed by atoms with Gasteiger partial charge in [-0.2, -0.15) is 0 Å². The molecule has 0 spiro atoms. The summed E-state index contributed by atoms with van der Waals surface area (Å²) in [7, 11) is 0. The molecule has 0 bridgehead atoms. The molecule has 3 nitrogen and oxygen atoms in total. The van der Waals surface area contributed by atoms with Crippen molar-refractivity contribution in [1.82, 2.24) is 14.5 Å². The molecule has 0 aliphatic rings. The predicted octanol–water partition coefficient (Wildman–Crippen LogP) is 4.46. The van der Waals surface area contributed by atoms with Gasteiger partial charge in [-0.3, -0.25) is 0 Å². The lowest BCUT2D eigenvalue weighted by Crippen LogP contribution is -2.04. The highest BCUT2D eigenvalue weighted by Crippen LogP contribution is 2.27. The van der Waals surface area contributed by atoms with Crippen LogP contribution >= 0.6 is 22.9 Å². The standard InChI is InChI=1S/C15H16ClN3S/c1-9-4-5-13-14(6-9)19(15(18-13)10(2)16)8-12-7-17-11(3)20-12/h4-7,10H,8H2,1-3H3. The molecule has 1 unspecified atom stereocenters. The third-order valence-electron chi connectivity index (χ3n) is 3.27. The quantitative estimate of drug-likeness (QED) is 0.669. The number of rotatable bonds is 3. The molecule has 0 radical (unpaired) electrons. The van der Waals surface area contributed by atoms with E-state index in [1.807, 2.05) is 20.0 Å². The highest BCUT2D eigenvalue weighted by Gasteiger charge is 2.16. The van der Waals surface area contributed by atoms with Crippen LogP contribution in [0.15, 0.2) is 24.4 Å². The summed E-state index contributed by atoms with van der Waals surface area (Å²) in [5.74, 6) is 0.915. The largest absolute Gasteiger partial charge is 0.321 e. The number of nitrogens with zero attached hydrogens (tertiary/aromatic N) is 3. The van der Waals surface area contributed by atoms with Crippen molar-refractivity contribution in [1.29, 1.82) is 0 Å². The van der Waals surface area contributed by atoms with E-state index in [0.29, 0.717) is 0 Å². The van der Waals surface area contributed by atoms with Gasteiger partial charge in [-0.25, -0.2) is 9.97 Å². The van der Waals surface area contributed by atoms with Gasteiger partial charge in [0.25, 0.3) is 0 Å². The summed E-state index contributed by atoms with van der Waals surface area (Å²) in [4.78, 5) is 10.2. The van der Waals surface area contributed by atoms with Crippen molar-refractivity contribution in [3.05, 3.63) is 45.7 Å². The molecular formula is C15H16ClN3S. The van der Waals surface area contributed by atoms with Crippen LogP contribution in [0.2, 0.25) is 0 Å². The summed E-state index contributed by atoms with van der Waals surface area (Å²) in [6.45, 7) is 6.86. The Hall–Kier alpha value is -1.39. The average Bonchev–Trinajstić information content (AvgIpc) is 2.95. The lowest BCUT2D eigenvalue weighted by Gasteiger charge is -2.09. The van der Waals surface area contributed by atoms with Crippen molar-refractivity contribution >= 4 is 34.0 Å². The van der Waals surface area contributed by atoms with E-state index in [4.69, 9.17) is 11.6 Å². The van der Waals surface area contributed by atoms with Gasteiger partial charge in [0, 0.05) is 11.1 Å². The Bertz CT molecular complexity index is 758. The zero-order chi connectivity index (χ0) is 14.3. The van der Waals surface area contributed by atoms with E-state index in [0.717, 1.165) is 28.4 Å². The van der Waals surface area contributed by atoms with Crippen molar-refractivity contribution in [3.63, 3.8) is 0 Å². The van der Waals surface area contributed by atoms with Crippen LogP contribution < -0.4 is 0 Å². The summed E-state index contributed by atoms with van der Waals surface area (Å²) in [5, 5.41) is 0.970. The Morgan fingerprint density at radius 1 is 1.35 bits per heavy atom. The summed E-state index contributed by atoms with van der Waals surface area (Å²) < 4.78 is 2.20. The van der Waals surface area contributed by atoms with E-state index in [9.17, 15) is 0 Å². The molecule has 0 saturated heterocycles. The second kappa shape index (κ2) is 5.19. The molecule has 1 atom stereocenters. The molecule has 1 aromatic carbocycles. The number of hydrogen-bond donors (Lipinski definition) is 0. The van der Waals surface area contributed by atoms with Gasteiger partial charge in [0.2, 0.25) is 0 Å². The van der Waals surface area contributed by atoms with Gasteiger partial charge < -0.3 is 4.57 Å². The van der Waals surface area contributed by atoms with Crippen molar-refractivity contribution in [2.75, 3.05) is 0 Å². The molecule has 0 amide bonds. The number of imidazole rings is 1. The third-order valence-corrected chi connectivity index (χ3v) is 4.36. The van der Waals surface area contributed by atoms with Crippen molar-refractivity contribution in [2.24, 2.45) is 0 Å². The fourth-order valence-electron chi connectivity index (χ4n) is 2.36. The molecular weight excluding hydrogens is 290 g/mol. The molecule has 3 rings (SSSR count). The monoisotopic (exact) mass is 305 g/mol. The van der Waals surface area contributed by atoms with Gasteiger partial charge in [-0.15, -0.1) is 22.9 Å². The first-order chi connectivity index (χ1) is 9.54. The van der Waals surface area contributed by atoms with Crippen LogP contribution in [0.5, 0.6) is 0 Å².